The Kier molecular flexibility index (Phi) is 4.03. The average Bonchev–Trinajstić information content (AvgIpc) is 2.98. The van der Waals surface area contributed by atoms with Gasteiger partial charge < -0.3 is 5.11 Å². The normalized spacial score (nSPS) is 11.2. The lowest BCUT2D eigenvalue weighted by molar-refractivity contribution is 0.466. The van der Waals surface area contributed by atoms with E-state index in [-0.39, 0.29) is 0 Å². The van der Waals surface area contributed by atoms with Crippen molar-refractivity contribution in [3.05, 3.63) is 40.4 Å². The second-order valence-corrected chi connectivity index (χ2v) is 5.85. The third kappa shape index (κ3) is 2.44. The van der Waals surface area contributed by atoms with Crippen LogP contribution < -0.4 is 0 Å². The molecule has 0 radical (unpaired) electrons. The Morgan fingerprint density at radius 3 is 2.73 bits per heavy atom. The summed E-state index contributed by atoms with van der Waals surface area (Å²) in [7, 11) is 0. The molecule has 4 nitrogen and oxygen atoms in total. The van der Waals surface area contributed by atoms with E-state index in [1.807, 2.05) is 25.1 Å². The minimum absolute atomic E-state index is 0.355. The summed E-state index contributed by atoms with van der Waals surface area (Å²) in [5, 5.41) is 21.4. The summed E-state index contributed by atoms with van der Waals surface area (Å²) < 4.78 is 0. The van der Waals surface area contributed by atoms with Gasteiger partial charge in [0.25, 0.3) is 0 Å². The maximum atomic E-state index is 10.1. The molecule has 0 amide bonds. The van der Waals surface area contributed by atoms with Gasteiger partial charge in [-0.15, -0.1) is 5.10 Å². The lowest BCUT2D eigenvalue weighted by Crippen LogP contribution is -1.95. The Morgan fingerprint density at radius 2 is 1.95 bits per heavy atom. The fourth-order valence-corrected chi connectivity index (χ4v) is 3.10. The van der Waals surface area contributed by atoms with Crippen LogP contribution in [0.1, 0.15) is 30.9 Å². The molecule has 0 spiro atoms. The number of hydrogen-bond donors (Lipinski definition) is 2. The zero-order valence-corrected chi connectivity index (χ0v) is 13.4. The first-order valence-corrected chi connectivity index (χ1v) is 7.82. The summed E-state index contributed by atoms with van der Waals surface area (Å²) in [6, 6.07) is 7.55. The fourth-order valence-electron chi connectivity index (χ4n) is 2.79. The number of aromatic hydroxyl groups is 1. The molecule has 5 heteroatoms. The first kappa shape index (κ1) is 14.9. The molecule has 2 aromatic carbocycles. The van der Waals surface area contributed by atoms with Crippen LogP contribution in [0.15, 0.2) is 24.3 Å². The molecule has 0 aliphatic heterocycles. The van der Waals surface area contributed by atoms with E-state index in [9.17, 15) is 5.11 Å². The summed E-state index contributed by atoms with van der Waals surface area (Å²) in [5.74, 6) is 0.355. The van der Waals surface area contributed by atoms with Crippen molar-refractivity contribution in [2.24, 2.45) is 0 Å². The number of aromatic amines is 1. The quantitative estimate of drug-likeness (QED) is 0.737. The van der Waals surface area contributed by atoms with E-state index in [0.717, 1.165) is 47.0 Å². The van der Waals surface area contributed by atoms with Crippen molar-refractivity contribution in [3.63, 3.8) is 0 Å². The molecule has 1 aromatic heterocycles. The third-order valence-corrected chi connectivity index (χ3v) is 4.46. The summed E-state index contributed by atoms with van der Waals surface area (Å²) in [6.07, 6.45) is 3.01. The van der Waals surface area contributed by atoms with Crippen LogP contribution in [0.25, 0.3) is 22.2 Å². The Morgan fingerprint density at radius 1 is 1.18 bits per heavy atom. The number of rotatable bonds is 4. The van der Waals surface area contributed by atoms with Gasteiger partial charge in [0.05, 0.1) is 10.5 Å². The number of H-pyrrole nitrogens is 1. The molecule has 0 atom stereocenters. The van der Waals surface area contributed by atoms with Crippen molar-refractivity contribution < 1.29 is 5.11 Å². The van der Waals surface area contributed by atoms with E-state index in [1.54, 1.807) is 6.07 Å². The SMILES string of the molecule is CCCCc1c(O)ccc(-c2ccc3[nH]nnc3c2Cl)c1C. The summed E-state index contributed by atoms with van der Waals surface area (Å²) in [4.78, 5) is 0. The van der Waals surface area contributed by atoms with Crippen LogP contribution in [0.3, 0.4) is 0 Å². The van der Waals surface area contributed by atoms with E-state index in [1.165, 1.54) is 0 Å². The maximum Gasteiger partial charge on any atom is 0.132 e. The van der Waals surface area contributed by atoms with Gasteiger partial charge in [0, 0.05) is 5.56 Å². The summed E-state index contributed by atoms with van der Waals surface area (Å²) in [5.41, 5.74) is 5.49. The minimum Gasteiger partial charge on any atom is -0.508 e. The lowest BCUT2D eigenvalue weighted by atomic mass is 9.93. The number of halogens is 1. The number of phenolic OH excluding ortho intramolecular Hbond substituents is 1. The first-order valence-electron chi connectivity index (χ1n) is 7.44. The van der Waals surface area contributed by atoms with Gasteiger partial charge in [-0.25, -0.2) is 0 Å². The number of aromatic nitrogens is 3. The van der Waals surface area contributed by atoms with Gasteiger partial charge in [-0.1, -0.05) is 42.3 Å². The molecular formula is C17H18ClN3O. The van der Waals surface area contributed by atoms with Crippen LogP contribution in [-0.4, -0.2) is 20.5 Å². The molecule has 1 heterocycles. The highest BCUT2D eigenvalue weighted by Crippen LogP contribution is 2.37. The molecular weight excluding hydrogens is 298 g/mol. The van der Waals surface area contributed by atoms with Crippen molar-refractivity contribution >= 4 is 22.6 Å². The largest absolute Gasteiger partial charge is 0.508 e. The summed E-state index contributed by atoms with van der Waals surface area (Å²) in [6.45, 7) is 4.18. The van der Waals surface area contributed by atoms with Crippen molar-refractivity contribution in [2.45, 2.75) is 33.1 Å². The van der Waals surface area contributed by atoms with Gasteiger partial charge >= 0.3 is 0 Å². The van der Waals surface area contributed by atoms with E-state index >= 15 is 0 Å². The first-order chi connectivity index (χ1) is 10.6. The Hall–Kier alpha value is -2.07. The van der Waals surface area contributed by atoms with Gasteiger partial charge in [-0.3, -0.25) is 5.10 Å². The van der Waals surface area contributed by atoms with Crippen LogP contribution >= 0.6 is 11.6 Å². The standard InChI is InChI=1S/C17H18ClN3O/c1-3-4-5-12-10(2)11(7-9-15(12)22)13-6-8-14-17(16(13)18)20-21-19-14/h6-9,22H,3-5H2,1-2H3,(H,19,20,21). The summed E-state index contributed by atoms with van der Waals surface area (Å²) >= 11 is 6.50. The van der Waals surface area contributed by atoms with Crippen molar-refractivity contribution in [1.82, 2.24) is 15.4 Å². The van der Waals surface area contributed by atoms with Crippen LogP contribution in [0.2, 0.25) is 5.02 Å². The third-order valence-electron chi connectivity index (χ3n) is 4.08. The van der Waals surface area contributed by atoms with Crippen LogP contribution in [0.5, 0.6) is 5.75 Å². The second-order valence-electron chi connectivity index (χ2n) is 5.47. The van der Waals surface area contributed by atoms with E-state index in [0.29, 0.717) is 16.3 Å². The highest BCUT2D eigenvalue weighted by atomic mass is 35.5. The second kappa shape index (κ2) is 5.97. The molecule has 3 aromatic rings. The maximum absolute atomic E-state index is 10.1. The van der Waals surface area contributed by atoms with E-state index < -0.39 is 0 Å². The Labute approximate surface area is 134 Å². The van der Waals surface area contributed by atoms with Crippen molar-refractivity contribution in [2.75, 3.05) is 0 Å². The number of benzene rings is 2. The Bertz CT molecular complexity index is 826. The van der Waals surface area contributed by atoms with Crippen molar-refractivity contribution in [1.29, 1.82) is 0 Å². The number of nitrogens with one attached hydrogen (secondary N) is 1. The highest BCUT2D eigenvalue weighted by molar-refractivity contribution is 6.37. The fraction of sp³-hybridized carbons (Fsp3) is 0.294. The number of fused-ring (bicyclic) bond motifs is 1. The minimum atomic E-state index is 0.355. The van der Waals surface area contributed by atoms with Gasteiger partial charge in [0.15, 0.2) is 0 Å². The molecule has 0 aliphatic rings. The zero-order chi connectivity index (χ0) is 15.7. The lowest BCUT2D eigenvalue weighted by Gasteiger charge is -2.14. The Balaban J connectivity index is 2.16. The predicted octanol–water partition coefficient (Wildman–Crippen LogP) is 4.63. The molecule has 2 N–H and O–H groups in total. The molecule has 0 saturated heterocycles. The van der Waals surface area contributed by atoms with Crippen LogP contribution in [0, 0.1) is 6.92 Å². The van der Waals surface area contributed by atoms with Gasteiger partial charge in [-0.2, -0.15) is 0 Å². The molecule has 22 heavy (non-hydrogen) atoms. The monoisotopic (exact) mass is 315 g/mol. The molecule has 0 fully saturated rings. The molecule has 0 saturated carbocycles. The number of phenols is 1. The van der Waals surface area contributed by atoms with Crippen LogP contribution in [-0.2, 0) is 6.42 Å². The van der Waals surface area contributed by atoms with E-state index in [4.69, 9.17) is 11.6 Å². The van der Waals surface area contributed by atoms with E-state index in [2.05, 4.69) is 22.3 Å². The number of hydrogen-bond acceptors (Lipinski definition) is 3. The van der Waals surface area contributed by atoms with Gasteiger partial charge in [0.1, 0.15) is 11.3 Å². The highest BCUT2D eigenvalue weighted by Gasteiger charge is 2.15. The molecule has 114 valence electrons. The molecule has 0 bridgehead atoms. The topological polar surface area (TPSA) is 61.8 Å². The molecule has 3 rings (SSSR count). The predicted molar refractivity (Wildman–Crippen MR) is 89.3 cm³/mol. The van der Waals surface area contributed by atoms with Crippen LogP contribution in [0.4, 0.5) is 0 Å². The molecule has 0 aliphatic carbocycles. The average molecular weight is 316 g/mol. The molecule has 0 unspecified atom stereocenters. The number of unbranched alkanes of at least 4 members (excludes halogenated alkanes) is 1. The smallest absolute Gasteiger partial charge is 0.132 e. The number of nitrogens with zero attached hydrogens (tertiary/aromatic N) is 2. The van der Waals surface area contributed by atoms with Gasteiger partial charge in [-0.05, 0) is 48.6 Å². The van der Waals surface area contributed by atoms with Crippen molar-refractivity contribution in [3.8, 4) is 16.9 Å². The van der Waals surface area contributed by atoms with Gasteiger partial charge in [0.2, 0.25) is 0 Å². The zero-order valence-electron chi connectivity index (χ0n) is 12.7.